The predicted octanol–water partition coefficient (Wildman–Crippen LogP) is 6.66. The summed E-state index contributed by atoms with van der Waals surface area (Å²) >= 11 is 0. The Morgan fingerprint density at radius 1 is 0.886 bits per heavy atom. The normalized spacial score (nSPS) is 11.8. The molecule has 0 fully saturated rings. The topological polar surface area (TPSA) is 84.1 Å². The molecule has 0 radical (unpaired) electrons. The molecule has 0 unspecified atom stereocenters. The van der Waals surface area contributed by atoms with Gasteiger partial charge in [0.05, 0.1) is 6.33 Å². The van der Waals surface area contributed by atoms with Gasteiger partial charge < -0.3 is 15.0 Å². The lowest BCUT2D eigenvalue weighted by atomic mass is 10.0. The summed E-state index contributed by atoms with van der Waals surface area (Å²) in [6.45, 7) is 2.45. The molecule has 0 aliphatic rings. The molecule has 0 bridgehead atoms. The van der Waals surface area contributed by atoms with Crippen LogP contribution in [0.3, 0.4) is 0 Å². The fraction of sp³-hybridized carbons (Fsp3) is 0.621. The summed E-state index contributed by atoms with van der Waals surface area (Å²) in [5.74, 6) is -0.531. The molecule has 1 amide bonds. The Morgan fingerprint density at radius 2 is 1.49 bits per heavy atom. The van der Waals surface area contributed by atoms with E-state index in [-0.39, 0.29) is 12.5 Å². The van der Waals surface area contributed by atoms with Crippen molar-refractivity contribution in [1.82, 2.24) is 15.3 Å². The Balaban J connectivity index is 1.59. The molecule has 1 atom stereocenters. The molecule has 1 heterocycles. The van der Waals surface area contributed by atoms with Crippen LogP contribution < -0.4 is 5.32 Å². The van der Waals surface area contributed by atoms with E-state index in [1.807, 2.05) is 30.3 Å². The van der Waals surface area contributed by atoms with Crippen LogP contribution >= 0.6 is 0 Å². The molecule has 0 saturated carbocycles. The molecule has 2 aromatic rings. The van der Waals surface area contributed by atoms with Crippen molar-refractivity contribution < 1.29 is 14.3 Å². The Bertz CT molecular complexity index is 793. The number of benzene rings is 1. The van der Waals surface area contributed by atoms with E-state index in [2.05, 4.69) is 22.2 Å². The third kappa shape index (κ3) is 13.7. The SMILES string of the molecule is CCCCCCCCCCCCCCCC(=O)N[C@@H](Cc1cnc[nH]1)C(=O)OCc1ccccc1. The molecule has 1 aromatic carbocycles. The van der Waals surface area contributed by atoms with Crippen molar-refractivity contribution in [1.29, 1.82) is 0 Å². The maximum absolute atomic E-state index is 12.7. The van der Waals surface area contributed by atoms with Crippen molar-refractivity contribution in [3.05, 3.63) is 54.1 Å². The monoisotopic (exact) mass is 483 g/mol. The second-order valence-corrected chi connectivity index (χ2v) is 9.49. The van der Waals surface area contributed by atoms with Crippen LogP contribution in [-0.2, 0) is 27.4 Å². The van der Waals surface area contributed by atoms with Crippen LogP contribution in [0.5, 0.6) is 0 Å². The molecular formula is C29H45N3O3. The molecule has 194 valence electrons. The van der Waals surface area contributed by atoms with Crippen molar-refractivity contribution in [2.45, 2.75) is 116 Å². The molecule has 1 aromatic heterocycles. The van der Waals surface area contributed by atoms with Crippen LogP contribution in [0.1, 0.15) is 108 Å². The van der Waals surface area contributed by atoms with Gasteiger partial charge in [-0.25, -0.2) is 9.78 Å². The largest absolute Gasteiger partial charge is 0.459 e. The number of amides is 1. The van der Waals surface area contributed by atoms with Gasteiger partial charge in [-0.2, -0.15) is 0 Å². The number of aromatic amines is 1. The highest BCUT2D eigenvalue weighted by Gasteiger charge is 2.23. The van der Waals surface area contributed by atoms with E-state index >= 15 is 0 Å². The molecule has 0 aliphatic carbocycles. The van der Waals surface area contributed by atoms with Crippen LogP contribution in [0, 0.1) is 0 Å². The highest BCUT2D eigenvalue weighted by atomic mass is 16.5. The molecule has 0 spiro atoms. The number of nitrogens with one attached hydrogen (secondary N) is 2. The highest BCUT2D eigenvalue weighted by Crippen LogP contribution is 2.13. The second kappa shape index (κ2) is 18.7. The van der Waals surface area contributed by atoms with E-state index in [1.165, 1.54) is 70.6 Å². The predicted molar refractivity (Wildman–Crippen MR) is 141 cm³/mol. The molecule has 6 heteroatoms. The lowest BCUT2D eigenvalue weighted by molar-refractivity contribution is -0.149. The molecular weight excluding hydrogens is 438 g/mol. The van der Waals surface area contributed by atoms with Gasteiger partial charge in [0.1, 0.15) is 12.6 Å². The van der Waals surface area contributed by atoms with Gasteiger partial charge in [-0.15, -0.1) is 0 Å². The van der Waals surface area contributed by atoms with Gasteiger partial charge in [0.2, 0.25) is 5.91 Å². The zero-order chi connectivity index (χ0) is 25.0. The van der Waals surface area contributed by atoms with Crippen LogP contribution in [0.2, 0.25) is 0 Å². The Labute approximate surface area is 211 Å². The Hall–Kier alpha value is -2.63. The van der Waals surface area contributed by atoms with Gasteiger partial charge in [-0.1, -0.05) is 114 Å². The lowest BCUT2D eigenvalue weighted by Crippen LogP contribution is -2.43. The average Bonchev–Trinajstić information content (AvgIpc) is 3.39. The zero-order valence-corrected chi connectivity index (χ0v) is 21.6. The van der Waals surface area contributed by atoms with Crippen LogP contribution in [-0.4, -0.2) is 27.9 Å². The summed E-state index contributed by atoms with van der Waals surface area (Å²) in [4.78, 5) is 32.2. The lowest BCUT2D eigenvalue weighted by Gasteiger charge is -2.17. The Kier molecular flexibility index (Phi) is 15.3. The first-order chi connectivity index (χ1) is 17.2. The summed E-state index contributed by atoms with van der Waals surface area (Å²) in [5.41, 5.74) is 1.70. The minimum Gasteiger partial charge on any atom is -0.459 e. The van der Waals surface area contributed by atoms with Crippen molar-refractivity contribution in [3.63, 3.8) is 0 Å². The molecule has 2 N–H and O–H groups in total. The summed E-state index contributed by atoms with van der Waals surface area (Å²) in [6, 6.07) is 8.82. The maximum Gasteiger partial charge on any atom is 0.329 e. The first-order valence-corrected chi connectivity index (χ1v) is 13.7. The number of ether oxygens (including phenoxy) is 1. The van der Waals surface area contributed by atoms with Crippen molar-refractivity contribution >= 4 is 11.9 Å². The van der Waals surface area contributed by atoms with Gasteiger partial charge in [-0.3, -0.25) is 4.79 Å². The fourth-order valence-corrected chi connectivity index (χ4v) is 4.21. The van der Waals surface area contributed by atoms with E-state index in [4.69, 9.17) is 4.74 Å². The van der Waals surface area contributed by atoms with E-state index in [0.717, 1.165) is 24.1 Å². The Morgan fingerprint density at radius 3 is 2.06 bits per heavy atom. The van der Waals surface area contributed by atoms with Crippen LogP contribution in [0.15, 0.2) is 42.9 Å². The van der Waals surface area contributed by atoms with Crippen molar-refractivity contribution in [2.75, 3.05) is 0 Å². The zero-order valence-electron chi connectivity index (χ0n) is 21.6. The molecule has 35 heavy (non-hydrogen) atoms. The summed E-state index contributed by atoms with van der Waals surface area (Å²) < 4.78 is 5.47. The number of imidazole rings is 1. The van der Waals surface area contributed by atoms with E-state index < -0.39 is 12.0 Å². The number of esters is 1. The van der Waals surface area contributed by atoms with Crippen LogP contribution in [0.25, 0.3) is 0 Å². The molecule has 0 saturated heterocycles. The molecule has 0 aliphatic heterocycles. The maximum atomic E-state index is 12.7. The number of hydrogen-bond donors (Lipinski definition) is 2. The number of carbonyl (C=O) groups is 2. The van der Waals surface area contributed by atoms with Gasteiger partial charge >= 0.3 is 5.97 Å². The summed E-state index contributed by atoms with van der Waals surface area (Å²) in [7, 11) is 0. The third-order valence-corrected chi connectivity index (χ3v) is 6.33. The number of carbonyl (C=O) groups excluding carboxylic acids is 2. The average molecular weight is 484 g/mol. The standard InChI is InChI=1S/C29H45N3O3/c1-2-3-4-5-6-7-8-9-10-11-12-13-17-20-28(33)32-27(21-26-22-30-24-31-26)29(34)35-23-25-18-15-14-16-19-25/h14-16,18-19,22,24,27H,2-13,17,20-21,23H2,1H3,(H,30,31)(H,32,33)/t27-/m0/s1. The van der Waals surface area contributed by atoms with Gasteiger partial charge in [0.15, 0.2) is 0 Å². The number of H-pyrrole nitrogens is 1. The van der Waals surface area contributed by atoms with E-state index in [9.17, 15) is 9.59 Å². The fourth-order valence-electron chi connectivity index (χ4n) is 4.21. The van der Waals surface area contributed by atoms with Gasteiger partial charge in [-0.05, 0) is 12.0 Å². The molecule has 6 nitrogen and oxygen atoms in total. The quantitative estimate of drug-likeness (QED) is 0.163. The first kappa shape index (κ1) is 28.6. The summed E-state index contributed by atoms with van der Waals surface area (Å²) in [6.07, 6.45) is 20.5. The summed E-state index contributed by atoms with van der Waals surface area (Å²) in [5, 5.41) is 2.87. The number of aromatic nitrogens is 2. The van der Waals surface area contributed by atoms with Crippen molar-refractivity contribution in [2.24, 2.45) is 0 Å². The minimum atomic E-state index is -0.728. The van der Waals surface area contributed by atoms with E-state index in [0.29, 0.717) is 12.8 Å². The number of nitrogens with zero attached hydrogens (tertiary/aromatic N) is 1. The van der Waals surface area contributed by atoms with Gasteiger partial charge in [0, 0.05) is 24.7 Å². The number of hydrogen-bond acceptors (Lipinski definition) is 4. The van der Waals surface area contributed by atoms with Gasteiger partial charge in [0.25, 0.3) is 0 Å². The number of rotatable bonds is 20. The highest BCUT2D eigenvalue weighted by molar-refractivity contribution is 5.84. The third-order valence-electron chi connectivity index (χ3n) is 6.33. The number of unbranched alkanes of at least 4 members (excludes halogenated alkanes) is 12. The second-order valence-electron chi connectivity index (χ2n) is 9.49. The first-order valence-electron chi connectivity index (χ1n) is 13.7. The van der Waals surface area contributed by atoms with Crippen molar-refractivity contribution in [3.8, 4) is 0 Å². The van der Waals surface area contributed by atoms with E-state index in [1.54, 1.807) is 12.5 Å². The molecule has 2 rings (SSSR count). The minimum absolute atomic E-state index is 0.103. The van der Waals surface area contributed by atoms with Crippen LogP contribution in [0.4, 0.5) is 0 Å². The smallest absolute Gasteiger partial charge is 0.329 e.